The molecule has 2 atom stereocenters. The van der Waals surface area contributed by atoms with Crippen LogP contribution in [-0.4, -0.2) is 54.3 Å². The largest absolute Gasteiger partial charge is 0.462 e. The van der Waals surface area contributed by atoms with Crippen molar-refractivity contribution in [2.45, 2.75) is 62.2 Å². The maximum absolute atomic E-state index is 14.5. The number of esters is 1. The lowest BCUT2D eigenvalue weighted by molar-refractivity contribution is -0.548. The predicted molar refractivity (Wildman–Crippen MR) is 84.4 cm³/mol. The highest BCUT2D eigenvalue weighted by molar-refractivity contribution is 5.81. The number of carbonyl (C=O) groups excluding carboxylic acids is 1. The zero-order chi connectivity index (χ0) is 30.6. The fraction of sp³-hybridized carbons (Fsp3) is 0.588. The molecule has 0 spiro atoms. The van der Waals surface area contributed by atoms with Crippen molar-refractivity contribution in [3.63, 3.8) is 0 Å². The molecule has 0 bridgehead atoms. The summed E-state index contributed by atoms with van der Waals surface area (Å²) in [5.74, 6) is -27.7. The van der Waals surface area contributed by atoms with E-state index in [4.69, 9.17) is 0 Å². The molecular weight excluding hydrogens is 591 g/mol. The molecule has 0 N–H and O–H groups in total. The first kappa shape index (κ1) is 33.4. The molecule has 0 amide bonds. The van der Waals surface area contributed by atoms with E-state index >= 15 is 0 Å². The molecule has 0 fully saturated rings. The van der Waals surface area contributed by atoms with E-state index in [-0.39, 0.29) is 11.1 Å². The summed E-state index contributed by atoms with van der Waals surface area (Å²) < 4.78 is 230. The summed E-state index contributed by atoms with van der Waals surface area (Å²) in [6.07, 6.45) is -38.7. The third kappa shape index (κ3) is 5.71. The fourth-order valence-corrected chi connectivity index (χ4v) is 2.15. The number of hydrogen-bond donors (Lipinski definition) is 0. The van der Waals surface area contributed by atoms with Gasteiger partial charge in [0.25, 0.3) is 0 Å². The maximum atomic E-state index is 14.5. The lowest BCUT2D eigenvalue weighted by atomic mass is 10.1. The van der Waals surface area contributed by atoms with Gasteiger partial charge in [0, 0.05) is 0 Å². The third-order valence-corrected chi connectivity index (χ3v) is 4.38. The Kier molecular flexibility index (Phi) is 8.41. The Balaban J connectivity index is 3.67. The predicted octanol–water partition coefficient (Wildman–Crippen LogP) is 7.08. The van der Waals surface area contributed by atoms with Gasteiger partial charge in [-0.15, -0.1) is 0 Å². The van der Waals surface area contributed by atoms with Crippen molar-refractivity contribution in [1.82, 2.24) is 0 Å². The van der Waals surface area contributed by atoms with Crippen LogP contribution in [0.5, 0.6) is 5.75 Å². The molecule has 1 aromatic carbocycles. The molecule has 1 aromatic rings. The van der Waals surface area contributed by atoms with Gasteiger partial charge >= 0.3 is 54.3 Å². The van der Waals surface area contributed by atoms with E-state index < -0.39 is 60.1 Å². The van der Waals surface area contributed by atoms with Crippen LogP contribution in [0.2, 0.25) is 0 Å². The summed E-state index contributed by atoms with van der Waals surface area (Å²) >= 11 is 0. The highest BCUT2D eigenvalue weighted by atomic mass is 19.4. The van der Waals surface area contributed by atoms with Gasteiger partial charge in [0.15, 0.2) is 0 Å². The van der Waals surface area contributed by atoms with Crippen molar-refractivity contribution in [3.8, 4) is 5.75 Å². The molecule has 4 nitrogen and oxygen atoms in total. The summed E-state index contributed by atoms with van der Waals surface area (Å²) in [4.78, 5) is 11.7. The van der Waals surface area contributed by atoms with Crippen LogP contribution in [0.1, 0.15) is 11.1 Å². The molecule has 0 aromatic heterocycles. The monoisotopic (exact) mass is 600 g/mol. The molecule has 0 aliphatic heterocycles. The van der Waals surface area contributed by atoms with Crippen LogP contribution in [-0.2, 0) is 14.3 Å². The summed E-state index contributed by atoms with van der Waals surface area (Å²) in [5.41, 5.74) is -0.247. The van der Waals surface area contributed by atoms with Crippen molar-refractivity contribution in [2.75, 3.05) is 0 Å². The summed E-state index contributed by atoms with van der Waals surface area (Å²) in [7, 11) is 0. The molecule has 0 unspecified atom stereocenters. The number of benzene rings is 1. The van der Waals surface area contributed by atoms with E-state index in [2.05, 4.69) is 4.74 Å². The van der Waals surface area contributed by atoms with Crippen LogP contribution in [0.3, 0.4) is 0 Å². The van der Waals surface area contributed by atoms with Gasteiger partial charge in [0.1, 0.15) is 5.75 Å². The lowest BCUT2D eigenvalue weighted by Crippen LogP contribution is -2.68. The van der Waals surface area contributed by atoms with Crippen LogP contribution in [0, 0.1) is 13.8 Å². The lowest BCUT2D eigenvalue weighted by Gasteiger charge is -2.39. The summed E-state index contributed by atoms with van der Waals surface area (Å²) in [6, 6.07) is 2.67. The zero-order valence-corrected chi connectivity index (χ0v) is 17.8. The number of rotatable bonds is 8. The van der Waals surface area contributed by atoms with E-state index in [0.29, 0.717) is 6.07 Å². The first-order chi connectivity index (χ1) is 16.5. The first-order valence-electron chi connectivity index (χ1n) is 8.89. The fourth-order valence-electron chi connectivity index (χ4n) is 2.15. The normalized spacial score (nSPS) is 17.6. The van der Waals surface area contributed by atoms with Gasteiger partial charge in [0.2, 0.25) is 0 Å². The van der Waals surface area contributed by atoms with E-state index in [1.54, 1.807) is 0 Å². The molecule has 0 aliphatic rings. The molecule has 220 valence electrons. The molecule has 21 heteroatoms. The quantitative estimate of drug-likeness (QED) is 0.182. The molecule has 0 aliphatic carbocycles. The number of carbonyl (C=O) groups is 1. The van der Waals surface area contributed by atoms with E-state index in [1.807, 2.05) is 4.74 Å². The Morgan fingerprint density at radius 1 is 0.632 bits per heavy atom. The van der Waals surface area contributed by atoms with Gasteiger partial charge in [-0.2, -0.15) is 74.6 Å². The molecular formula is C17H9F17O4. The number of ether oxygens (including phenoxy) is 3. The van der Waals surface area contributed by atoms with Gasteiger partial charge in [-0.05, 0) is 31.0 Å². The second kappa shape index (κ2) is 9.56. The Bertz CT molecular complexity index is 1030. The summed E-state index contributed by atoms with van der Waals surface area (Å²) in [6.45, 7) is 2.16. The van der Waals surface area contributed by atoms with Gasteiger partial charge in [-0.3, -0.25) is 9.47 Å². The molecule has 38 heavy (non-hydrogen) atoms. The van der Waals surface area contributed by atoms with E-state index in [1.165, 1.54) is 17.7 Å². The van der Waals surface area contributed by atoms with Crippen LogP contribution in [0.25, 0.3) is 0 Å². The Morgan fingerprint density at radius 2 is 1.11 bits per heavy atom. The topological polar surface area (TPSA) is 44.8 Å². The van der Waals surface area contributed by atoms with Crippen LogP contribution in [0.15, 0.2) is 18.2 Å². The Labute approximate surface area is 198 Å². The van der Waals surface area contributed by atoms with Crippen molar-refractivity contribution >= 4 is 5.97 Å². The average molecular weight is 600 g/mol. The minimum atomic E-state index is -8.08. The third-order valence-electron chi connectivity index (χ3n) is 4.38. The first-order valence-corrected chi connectivity index (χ1v) is 8.89. The molecule has 0 heterocycles. The number of hydrogen-bond acceptors (Lipinski definition) is 4. The van der Waals surface area contributed by atoms with Crippen LogP contribution >= 0.6 is 0 Å². The number of alkyl halides is 17. The van der Waals surface area contributed by atoms with Gasteiger partial charge in [-0.1, -0.05) is 12.1 Å². The molecule has 1 rings (SSSR count). The number of aryl methyl sites for hydroxylation is 1. The second-order valence-corrected chi connectivity index (χ2v) is 7.08. The standard InChI is InChI=1S/C17H9F17O4/c1-6-4-3-5-8(7(6)2)36-9(35)10(18,13(22,23)24)37-17(33,34)12(21,15(28,29)30)38-16(31,32)11(19,20)14(25,26)27/h3-5H,1-2H3/t10-,12-/m1/s1. The van der Waals surface area contributed by atoms with E-state index in [0.717, 1.165) is 13.0 Å². The van der Waals surface area contributed by atoms with Gasteiger partial charge in [-0.25, -0.2) is 4.79 Å². The van der Waals surface area contributed by atoms with Crippen molar-refractivity contribution < 1.29 is 93.6 Å². The number of halogens is 17. The van der Waals surface area contributed by atoms with Crippen molar-refractivity contribution in [2.24, 2.45) is 0 Å². The van der Waals surface area contributed by atoms with Crippen molar-refractivity contribution in [1.29, 1.82) is 0 Å². The zero-order valence-electron chi connectivity index (χ0n) is 17.8. The SMILES string of the molecule is Cc1cccc(OC(=O)[C@@](F)(OC(F)(F)[C@](F)(OC(F)(F)C(F)(F)C(F)(F)F)C(F)(F)F)C(F)(F)F)c1C. The summed E-state index contributed by atoms with van der Waals surface area (Å²) in [5, 5.41) is 0. The van der Waals surface area contributed by atoms with E-state index in [9.17, 15) is 79.4 Å². The average Bonchev–Trinajstić information content (AvgIpc) is 2.67. The molecule has 0 saturated carbocycles. The molecule has 0 radical (unpaired) electrons. The molecule has 0 saturated heterocycles. The highest BCUT2D eigenvalue weighted by Gasteiger charge is 2.85. The maximum Gasteiger partial charge on any atom is 0.462 e. The smallest absolute Gasteiger partial charge is 0.422 e. The van der Waals surface area contributed by atoms with Gasteiger partial charge in [0.05, 0.1) is 0 Å². The Hall–Kier alpha value is -2.58. The Morgan fingerprint density at radius 3 is 1.50 bits per heavy atom. The minimum Gasteiger partial charge on any atom is -0.422 e. The van der Waals surface area contributed by atoms with Crippen LogP contribution < -0.4 is 4.74 Å². The van der Waals surface area contributed by atoms with Gasteiger partial charge < -0.3 is 4.74 Å². The minimum absolute atomic E-state index is 0.0686. The highest BCUT2D eigenvalue weighted by Crippen LogP contribution is 2.56. The second-order valence-electron chi connectivity index (χ2n) is 7.08. The van der Waals surface area contributed by atoms with Crippen LogP contribution in [0.4, 0.5) is 74.6 Å². The van der Waals surface area contributed by atoms with Crippen molar-refractivity contribution in [3.05, 3.63) is 29.3 Å².